The Kier molecular flexibility index (Phi) is 17.6. The van der Waals surface area contributed by atoms with Gasteiger partial charge in [0.2, 0.25) is 0 Å². The van der Waals surface area contributed by atoms with Gasteiger partial charge in [0, 0.05) is 82.9 Å². The van der Waals surface area contributed by atoms with Crippen molar-refractivity contribution in [3.63, 3.8) is 0 Å². The molecule has 0 amide bonds. The maximum Gasteiger partial charge on any atom is 0.164 e. The summed E-state index contributed by atoms with van der Waals surface area (Å²) >= 11 is 0. The third-order valence-corrected chi connectivity index (χ3v) is 21.4. The molecule has 6 heterocycles. The number of benzene rings is 17. The number of aromatic nitrogens is 9. The topological polar surface area (TPSA) is 144 Å². The van der Waals surface area contributed by atoms with Gasteiger partial charge in [0.1, 0.15) is 34.5 Å². The van der Waals surface area contributed by atoms with Crippen molar-refractivity contribution in [2.75, 3.05) is 0 Å². The molecule has 0 atom stereocenters. The normalized spacial score (nSPS) is 11.6. The van der Waals surface area contributed by atoms with E-state index in [0.717, 1.165) is 134 Å². The summed E-state index contributed by atoms with van der Waals surface area (Å²) in [5, 5.41) is 6.94. The molecule has 0 radical (unpaired) electrons. The van der Waals surface area contributed by atoms with Gasteiger partial charge in [-0.05, 0) is 116 Å². The fourth-order valence-electron chi connectivity index (χ4n) is 15.7. The minimum Gasteiger partial charge on any atom is -0.456 e. The van der Waals surface area contributed by atoms with E-state index in [0.29, 0.717) is 52.4 Å². The van der Waals surface area contributed by atoms with Gasteiger partial charge in [-0.3, -0.25) is 0 Å². The number of rotatable bonds is 11. The van der Waals surface area contributed by atoms with Crippen molar-refractivity contribution in [1.82, 2.24) is 44.9 Å². The lowest BCUT2D eigenvalue weighted by Crippen LogP contribution is -2.01. The Morgan fingerprint density at radius 1 is 0.128 bits per heavy atom. The van der Waals surface area contributed by atoms with Crippen molar-refractivity contribution in [2.24, 2.45) is 0 Å². The summed E-state index contributed by atoms with van der Waals surface area (Å²) < 4.78 is 19.2. The van der Waals surface area contributed by atoms with E-state index in [4.69, 9.17) is 59.1 Å². The first-order chi connectivity index (χ1) is 57.9. The molecule has 0 bridgehead atoms. The predicted molar refractivity (Wildman–Crippen MR) is 468 cm³/mol. The van der Waals surface area contributed by atoms with Crippen LogP contribution in [0.2, 0.25) is 0 Å². The zero-order chi connectivity index (χ0) is 77.5. The first-order valence-corrected chi connectivity index (χ1v) is 38.8. The number of nitrogens with zero attached hydrogens (tertiary/aromatic N) is 9. The fourth-order valence-corrected chi connectivity index (χ4v) is 15.7. The van der Waals surface area contributed by atoms with Crippen LogP contribution in [0.15, 0.2) is 394 Å². The second-order valence-corrected chi connectivity index (χ2v) is 28.7. The van der Waals surface area contributed by atoms with Crippen LogP contribution in [-0.2, 0) is 0 Å². The quantitative estimate of drug-likeness (QED) is 0.122. The van der Waals surface area contributed by atoms with Crippen molar-refractivity contribution in [3.8, 4) is 193 Å². The summed E-state index contributed by atoms with van der Waals surface area (Å²) in [4.78, 5) is 44.1. The second-order valence-electron chi connectivity index (χ2n) is 28.7. The smallest absolute Gasteiger partial charge is 0.164 e. The van der Waals surface area contributed by atoms with Gasteiger partial charge in [-0.25, -0.2) is 44.9 Å². The third-order valence-electron chi connectivity index (χ3n) is 21.4. The predicted octanol–water partition coefficient (Wildman–Crippen LogP) is 26.7. The second kappa shape index (κ2) is 29.9. The van der Waals surface area contributed by atoms with Crippen LogP contribution >= 0.6 is 0 Å². The van der Waals surface area contributed by atoms with Gasteiger partial charge in [0.05, 0.1) is 0 Å². The van der Waals surface area contributed by atoms with Crippen molar-refractivity contribution >= 4 is 32.3 Å². The summed E-state index contributed by atoms with van der Waals surface area (Å²) in [5.74, 6) is 10.6. The van der Waals surface area contributed by atoms with Crippen molar-refractivity contribution in [2.45, 2.75) is 0 Å². The number of hydrogen-bond donors (Lipinski definition) is 0. The highest BCUT2D eigenvalue weighted by Crippen LogP contribution is 2.51. The highest BCUT2D eigenvalue weighted by molar-refractivity contribution is 6.07. The Morgan fingerprint density at radius 3 is 0.641 bits per heavy atom. The summed E-state index contributed by atoms with van der Waals surface area (Å²) in [6, 6.07) is 134. The number of fused-ring (bicyclic) bond motifs is 6. The van der Waals surface area contributed by atoms with Crippen molar-refractivity contribution in [3.05, 3.63) is 394 Å². The minimum atomic E-state index is 0.599. The van der Waals surface area contributed by atoms with Crippen molar-refractivity contribution < 1.29 is 14.2 Å². The van der Waals surface area contributed by atoms with E-state index in [1.165, 1.54) is 38.4 Å². The van der Waals surface area contributed by atoms with Gasteiger partial charge >= 0.3 is 0 Å². The Hall–Kier alpha value is -16.1. The van der Waals surface area contributed by atoms with E-state index in [9.17, 15) is 0 Å². The van der Waals surface area contributed by atoms with E-state index in [2.05, 4.69) is 182 Å². The van der Waals surface area contributed by atoms with E-state index in [1.54, 1.807) is 0 Å². The average molecular weight is 1500 g/mol. The van der Waals surface area contributed by atoms with Gasteiger partial charge in [-0.1, -0.05) is 334 Å². The van der Waals surface area contributed by atoms with Gasteiger partial charge in [-0.2, -0.15) is 0 Å². The molecule has 0 saturated carbocycles. The molecule has 0 unspecified atom stereocenters. The Balaban J connectivity index is 0.000000110. The summed E-state index contributed by atoms with van der Waals surface area (Å²) in [7, 11) is 0. The zero-order valence-electron chi connectivity index (χ0n) is 62.8. The maximum absolute atomic E-state index is 6.43. The minimum absolute atomic E-state index is 0.599. The summed E-state index contributed by atoms with van der Waals surface area (Å²) in [5.41, 5.74) is 19.5. The number of hydrogen-bond acceptors (Lipinski definition) is 12. The molecule has 3 aliphatic rings. The molecule has 0 N–H and O–H groups in total. The van der Waals surface area contributed by atoms with Crippen LogP contribution in [0, 0.1) is 0 Å². The van der Waals surface area contributed by atoms with Gasteiger partial charge in [0.25, 0.3) is 0 Å². The Bertz CT molecular complexity index is 7130. The summed E-state index contributed by atoms with van der Waals surface area (Å²) in [6.45, 7) is 0. The lowest BCUT2D eigenvalue weighted by Gasteiger charge is -2.21. The average Bonchev–Trinajstić information content (AvgIpc) is 0.754. The molecule has 117 heavy (non-hydrogen) atoms. The van der Waals surface area contributed by atoms with Crippen molar-refractivity contribution in [1.29, 1.82) is 0 Å². The molecule has 20 aromatic rings. The van der Waals surface area contributed by atoms with Crippen LogP contribution in [0.1, 0.15) is 0 Å². The molecule has 0 fully saturated rings. The molecule has 23 rings (SSSR count). The lowest BCUT2D eigenvalue weighted by molar-refractivity contribution is 0.487. The van der Waals surface area contributed by atoms with Crippen LogP contribution in [0.3, 0.4) is 0 Å². The lowest BCUT2D eigenvalue weighted by atomic mass is 9.94. The van der Waals surface area contributed by atoms with Crippen LogP contribution < -0.4 is 14.2 Å². The van der Waals surface area contributed by atoms with E-state index < -0.39 is 0 Å². The molecule has 0 aliphatic carbocycles. The molecular weight excluding hydrogens is 1440 g/mol. The first kappa shape index (κ1) is 68.9. The van der Waals surface area contributed by atoms with Crippen LogP contribution in [-0.4, -0.2) is 44.9 Å². The largest absolute Gasteiger partial charge is 0.456 e. The van der Waals surface area contributed by atoms with Crippen LogP contribution in [0.5, 0.6) is 34.5 Å². The number of ether oxygens (including phenoxy) is 3. The molecule has 3 aliphatic heterocycles. The van der Waals surface area contributed by atoms with E-state index in [1.807, 2.05) is 212 Å². The zero-order valence-corrected chi connectivity index (χ0v) is 62.8. The molecule has 12 heteroatoms. The van der Waals surface area contributed by atoms with E-state index >= 15 is 0 Å². The third kappa shape index (κ3) is 13.5. The van der Waals surface area contributed by atoms with Gasteiger partial charge < -0.3 is 14.2 Å². The first-order valence-electron chi connectivity index (χ1n) is 38.8. The molecule has 0 spiro atoms. The molecule has 3 aromatic heterocycles. The standard InChI is InChI=1S/2C37H23N3O.C31H19N3O/c1-3-10-24(11-4-1)27-16-7-17-28(22-27)36-38-35(26-12-5-2-6-13-26)39-37(40-36)29-20-21-30-31-18-8-14-25-15-9-19-32(34(25)31)41-33(30)23-29;1-3-9-24(10-4-1)25-17-19-28(20-18-25)36-38-35(27-11-5-2-6-12-27)39-37(40-36)29-21-22-30-31-15-7-13-26-14-8-16-32(34(26)31)41-33(30)23-29;1-3-9-21(10-4-1)29-32-30(22-11-5-2-6-12-22)34-31(33-29)23-17-18-24-25-15-7-13-20-14-8-16-26(28(20)25)35-27(24)19-23/h2*1-23H;1-19H. The van der Waals surface area contributed by atoms with Gasteiger partial charge in [-0.15, -0.1) is 0 Å². The van der Waals surface area contributed by atoms with Gasteiger partial charge in [0.15, 0.2) is 52.4 Å². The molecule has 17 aromatic carbocycles. The Morgan fingerprint density at radius 2 is 0.333 bits per heavy atom. The molecule has 0 saturated heterocycles. The highest BCUT2D eigenvalue weighted by Gasteiger charge is 2.27. The summed E-state index contributed by atoms with van der Waals surface area (Å²) in [6.07, 6.45) is 0. The maximum atomic E-state index is 6.43. The fraction of sp³-hybridized carbons (Fsp3) is 0. The van der Waals surface area contributed by atoms with Crippen LogP contribution in [0.25, 0.3) is 190 Å². The SMILES string of the molecule is c1ccc(-c2ccc(-c3nc(-c4ccccc4)nc(-c4ccc5c(c4)Oc4cccc6cccc-5c46)n3)cc2)cc1.c1ccc(-c2cccc(-c3nc(-c4ccccc4)nc(-c4ccc5c(c4)Oc4cccc6cccc-5c46)n3)c2)cc1.c1ccc(-c2nc(-c3ccccc3)nc(-c3ccc4c(c3)Oc3cccc5cccc-4c35)n2)cc1. The van der Waals surface area contributed by atoms with Crippen LogP contribution in [0.4, 0.5) is 0 Å². The highest BCUT2D eigenvalue weighted by atomic mass is 16.5. The monoisotopic (exact) mass is 1500 g/mol. The molecule has 548 valence electrons. The van der Waals surface area contributed by atoms with E-state index in [-0.39, 0.29) is 0 Å². The molecule has 12 nitrogen and oxygen atoms in total. The Labute approximate surface area is 674 Å². The molecular formula is C105H65N9O3.